The zero-order valence-corrected chi connectivity index (χ0v) is 14.0. The highest BCUT2D eigenvalue weighted by atomic mass is 28.3. The molecule has 0 aromatic heterocycles. The average Bonchev–Trinajstić information content (AvgIpc) is 2.77. The van der Waals surface area contributed by atoms with E-state index in [9.17, 15) is 0 Å². The molecule has 0 aromatic rings. The summed E-state index contributed by atoms with van der Waals surface area (Å²) in [5.74, 6) is 3.54. The summed E-state index contributed by atoms with van der Waals surface area (Å²) in [5, 5.41) is 0. The molecule has 0 nitrogen and oxygen atoms in total. The number of hydrogen-bond donors (Lipinski definition) is 0. The Kier molecular flexibility index (Phi) is 4.53. The van der Waals surface area contributed by atoms with Gasteiger partial charge in [0.2, 0.25) is 0 Å². The molecule has 0 N–H and O–H groups in total. The van der Waals surface area contributed by atoms with E-state index in [1.165, 1.54) is 19.3 Å². The lowest BCUT2D eigenvalue weighted by atomic mass is 9.67. The van der Waals surface area contributed by atoms with Crippen LogP contribution in [0.1, 0.15) is 40.0 Å². The first-order valence-electron chi connectivity index (χ1n) is 7.89. The van der Waals surface area contributed by atoms with Crippen LogP contribution in [0.25, 0.3) is 0 Å². The molecule has 2 aliphatic carbocycles. The summed E-state index contributed by atoms with van der Waals surface area (Å²) in [6.45, 7) is 12.2. The van der Waals surface area contributed by atoms with Crippen molar-refractivity contribution in [2.24, 2.45) is 23.7 Å². The largest absolute Gasteiger partial charge is 0.0804 e. The number of allylic oxidation sites excluding steroid dienone is 4. The molecule has 2 rings (SSSR count). The fourth-order valence-electron chi connectivity index (χ4n) is 3.80. The Balaban J connectivity index is 2.14. The van der Waals surface area contributed by atoms with Crippen LogP contribution in [0.4, 0.5) is 0 Å². The van der Waals surface area contributed by atoms with Crippen molar-refractivity contribution in [3.63, 3.8) is 0 Å². The molecule has 0 aliphatic heterocycles. The molecule has 2 aliphatic rings. The van der Waals surface area contributed by atoms with E-state index in [1.807, 2.05) is 0 Å². The molecule has 0 bridgehead atoms. The smallest absolute Gasteiger partial charge is 0.0428 e. The Bertz CT molecular complexity index is 338. The lowest BCUT2D eigenvalue weighted by Gasteiger charge is -2.38. The lowest BCUT2D eigenvalue weighted by Crippen LogP contribution is -2.28. The molecular formula is C17H30Si. The van der Waals surface area contributed by atoms with Crippen molar-refractivity contribution in [1.82, 2.24) is 0 Å². The minimum atomic E-state index is -0.539. The van der Waals surface area contributed by atoms with E-state index in [0.717, 1.165) is 29.2 Å². The topological polar surface area (TPSA) is 0 Å². The summed E-state index contributed by atoms with van der Waals surface area (Å²) >= 11 is 0. The normalized spacial score (nSPS) is 36.5. The van der Waals surface area contributed by atoms with Crippen LogP contribution in [0.5, 0.6) is 0 Å². The Labute approximate surface area is 115 Å². The van der Waals surface area contributed by atoms with Gasteiger partial charge in [0.25, 0.3) is 0 Å². The number of rotatable bonds is 3. The second-order valence-corrected chi connectivity index (χ2v) is 10.5. The van der Waals surface area contributed by atoms with Crippen LogP contribution in [0.2, 0.25) is 18.6 Å². The van der Waals surface area contributed by atoms with Crippen molar-refractivity contribution in [3.05, 3.63) is 23.8 Å². The fourth-order valence-corrected chi connectivity index (χ4v) is 4.97. The predicted molar refractivity (Wildman–Crippen MR) is 84.7 cm³/mol. The van der Waals surface area contributed by atoms with Gasteiger partial charge in [-0.15, -0.1) is 0 Å². The minimum absolute atomic E-state index is 0.539. The molecule has 0 aromatic carbocycles. The standard InChI is InChI=1S/C17H30Si/c1-12(2)16-9-6-13(3)10-17(16)14-7-8-15(11-14)18(4)5/h7-8,11-13,15-18H,6,9-10H2,1-5H3. The summed E-state index contributed by atoms with van der Waals surface area (Å²) < 4.78 is 0. The maximum Gasteiger partial charge on any atom is 0.0428 e. The molecule has 1 saturated carbocycles. The zero-order valence-electron chi connectivity index (χ0n) is 12.8. The molecule has 0 saturated heterocycles. The monoisotopic (exact) mass is 262 g/mol. The van der Waals surface area contributed by atoms with Crippen LogP contribution in [0.3, 0.4) is 0 Å². The molecule has 0 radical (unpaired) electrons. The van der Waals surface area contributed by atoms with Gasteiger partial charge in [-0.25, -0.2) is 0 Å². The molecule has 1 heteroatoms. The van der Waals surface area contributed by atoms with Crippen LogP contribution >= 0.6 is 0 Å². The van der Waals surface area contributed by atoms with Crippen molar-refractivity contribution in [2.45, 2.75) is 58.7 Å². The Morgan fingerprint density at radius 1 is 1.22 bits per heavy atom. The maximum atomic E-state index is 2.62. The third kappa shape index (κ3) is 2.99. The van der Waals surface area contributed by atoms with E-state index >= 15 is 0 Å². The molecular weight excluding hydrogens is 232 g/mol. The van der Waals surface area contributed by atoms with Crippen molar-refractivity contribution in [3.8, 4) is 0 Å². The first-order valence-corrected chi connectivity index (χ1v) is 10.9. The lowest BCUT2D eigenvalue weighted by molar-refractivity contribution is 0.172. The van der Waals surface area contributed by atoms with Gasteiger partial charge in [0, 0.05) is 8.80 Å². The zero-order chi connectivity index (χ0) is 13.3. The van der Waals surface area contributed by atoms with Crippen LogP contribution in [0, 0.1) is 23.7 Å². The summed E-state index contributed by atoms with van der Waals surface area (Å²) in [5.41, 5.74) is 2.51. The van der Waals surface area contributed by atoms with Crippen molar-refractivity contribution < 1.29 is 0 Å². The van der Waals surface area contributed by atoms with E-state index < -0.39 is 8.80 Å². The highest BCUT2D eigenvalue weighted by molar-refractivity contribution is 6.58. The summed E-state index contributed by atoms with van der Waals surface area (Å²) in [6.07, 6.45) is 11.9. The first-order chi connectivity index (χ1) is 8.49. The molecule has 0 heterocycles. The molecule has 4 unspecified atom stereocenters. The summed E-state index contributed by atoms with van der Waals surface area (Å²) in [4.78, 5) is 0. The third-order valence-electron chi connectivity index (χ3n) is 5.12. The van der Waals surface area contributed by atoms with Gasteiger partial charge in [-0.05, 0) is 47.6 Å². The van der Waals surface area contributed by atoms with Gasteiger partial charge in [0.05, 0.1) is 0 Å². The van der Waals surface area contributed by atoms with E-state index in [2.05, 4.69) is 52.1 Å². The SMILES string of the molecule is CC1CCC(C(C)C)C(C2=CC([SiH](C)C)C=C2)C1. The average molecular weight is 263 g/mol. The maximum absolute atomic E-state index is 2.62. The highest BCUT2D eigenvalue weighted by Gasteiger charge is 2.33. The Morgan fingerprint density at radius 2 is 1.94 bits per heavy atom. The van der Waals surface area contributed by atoms with E-state index in [4.69, 9.17) is 0 Å². The van der Waals surface area contributed by atoms with E-state index in [-0.39, 0.29) is 0 Å². The van der Waals surface area contributed by atoms with Crippen LogP contribution in [0.15, 0.2) is 23.8 Å². The second kappa shape index (κ2) is 5.77. The fraction of sp³-hybridized carbons (Fsp3) is 0.765. The van der Waals surface area contributed by atoms with E-state index in [1.54, 1.807) is 5.57 Å². The molecule has 1 fully saturated rings. The number of hydrogen-bond acceptors (Lipinski definition) is 0. The van der Waals surface area contributed by atoms with Gasteiger partial charge in [-0.1, -0.05) is 58.5 Å². The van der Waals surface area contributed by atoms with Crippen LogP contribution in [-0.4, -0.2) is 8.80 Å². The van der Waals surface area contributed by atoms with Crippen molar-refractivity contribution in [2.75, 3.05) is 0 Å². The molecule has 4 atom stereocenters. The molecule has 0 amide bonds. The van der Waals surface area contributed by atoms with Crippen molar-refractivity contribution in [1.29, 1.82) is 0 Å². The van der Waals surface area contributed by atoms with E-state index in [0.29, 0.717) is 0 Å². The summed E-state index contributed by atoms with van der Waals surface area (Å²) in [6, 6.07) is 0. The van der Waals surface area contributed by atoms with Gasteiger partial charge < -0.3 is 0 Å². The highest BCUT2D eigenvalue weighted by Crippen LogP contribution is 2.44. The van der Waals surface area contributed by atoms with Crippen LogP contribution < -0.4 is 0 Å². The Hall–Kier alpha value is -0.303. The predicted octanol–water partition coefficient (Wildman–Crippen LogP) is 5.05. The van der Waals surface area contributed by atoms with Gasteiger partial charge in [0.15, 0.2) is 0 Å². The molecule has 0 spiro atoms. The third-order valence-corrected chi connectivity index (χ3v) is 7.07. The quantitative estimate of drug-likeness (QED) is 0.625. The first kappa shape index (κ1) is 14.1. The Morgan fingerprint density at radius 3 is 2.50 bits per heavy atom. The van der Waals surface area contributed by atoms with Gasteiger partial charge in [0.1, 0.15) is 0 Å². The van der Waals surface area contributed by atoms with Crippen molar-refractivity contribution >= 4 is 8.80 Å². The minimum Gasteiger partial charge on any atom is -0.0804 e. The van der Waals surface area contributed by atoms with Gasteiger partial charge >= 0.3 is 0 Å². The van der Waals surface area contributed by atoms with Crippen LogP contribution in [-0.2, 0) is 0 Å². The van der Waals surface area contributed by atoms with Gasteiger partial charge in [-0.2, -0.15) is 0 Å². The molecule has 102 valence electrons. The summed E-state index contributed by atoms with van der Waals surface area (Å²) in [7, 11) is -0.539. The molecule has 18 heavy (non-hydrogen) atoms. The second-order valence-electron chi connectivity index (χ2n) is 7.28. The van der Waals surface area contributed by atoms with Gasteiger partial charge in [-0.3, -0.25) is 0 Å².